The number of fused-ring (bicyclic) bond motifs is 1. The van der Waals surface area contributed by atoms with Crippen LogP contribution in [-0.4, -0.2) is 23.0 Å². The molecule has 3 rings (SSSR count). The topological polar surface area (TPSA) is 62.3 Å². The maximum Gasteiger partial charge on any atom is 0.169 e. The summed E-state index contributed by atoms with van der Waals surface area (Å²) in [4.78, 5) is 0. The summed E-state index contributed by atoms with van der Waals surface area (Å²) in [5, 5.41) is 4.18. The van der Waals surface area contributed by atoms with E-state index < -0.39 is 0 Å². The smallest absolute Gasteiger partial charge is 0.169 e. The lowest BCUT2D eigenvalue weighted by molar-refractivity contribution is 0.172. The summed E-state index contributed by atoms with van der Waals surface area (Å²) in [5.41, 5.74) is 8.99. The van der Waals surface area contributed by atoms with E-state index in [1.165, 1.54) is 0 Å². The van der Waals surface area contributed by atoms with Gasteiger partial charge in [0, 0.05) is 18.2 Å². The monoisotopic (exact) mass is 245 g/mol. The van der Waals surface area contributed by atoms with E-state index in [4.69, 9.17) is 15.2 Å². The third-order valence-electron chi connectivity index (χ3n) is 3.17. The molecule has 1 aliphatic heterocycles. The van der Waals surface area contributed by atoms with Crippen molar-refractivity contribution in [3.05, 3.63) is 23.9 Å². The van der Waals surface area contributed by atoms with Crippen LogP contribution < -0.4 is 15.2 Å². The van der Waals surface area contributed by atoms with Crippen LogP contribution in [0.1, 0.15) is 5.56 Å². The molecule has 94 valence electrons. The Kier molecular flexibility index (Phi) is 2.40. The lowest BCUT2D eigenvalue weighted by atomic mass is 10.0. The number of aryl methyl sites for hydroxylation is 2. The Bertz CT molecular complexity index is 605. The quantitative estimate of drug-likeness (QED) is 0.831. The molecule has 0 aliphatic carbocycles. The van der Waals surface area contributed by atoms with E-state index in [2.05, 4.69) is 5.10 Å². The van der Waals surface area contributed by atoms with E-state index >= 15 is 0 Å². The number of aromatic nitrogens is 2. The largest absolute Gasteiger partial charge is 0.486 e. The van der Waals surface area contributed by atoms with Crippen molar-refractivity contribution < 1.29 is 9.47 Å². The number of benzene rings is 1. The fourth-order valence-corrected chi connectivity index (χ4v) is 2.19. The molecule has 2 heterocycles. The Morgan fingerprint density at radius 1 is 1.28 bits per heavy atom. The van der Waals surface area contributed by atoms with E-state index in [0.717, 1.165) is 28.2 Å². The van der Waals surface area contributed by atoms with Crippen molar-refractivity contribution in [1.82, 2.24) is 9.78 Å². The van der Waals surface area contributed by atoms with Gasteiger partial charge in [0.2, 0.25) is 0 Å². The number of anilines is 1. The van der Waals surface area contributed by atoms with Crippen molar-refractivity contribution in [1.29, 1.82) is 0 Å². The predicted octanol–water partition coefficient (Wildman–Crippen LogP) is 1.75. The highest BCUT2D eigenvalue weighted by Crippen LogP contribution is 2.43. The van der Waals surface area contributed by atoms with Crippen LogP contribution in [0.3, 0.4) is 0 Å². The highest BCUT2D eigenvalue weighted by Gasteiger charge is 2.21. The van der Waals surface area contributed by atoms with Crippen molar-refractivity contribution in [2.75, 3.05) is 18.9 Å². The minimum absolute atomic E-state index is 0.559. The molecule has 0 saturated carbocycles. The molecule has 0 radical (unpaired) electrons. The predicted molar refractivity (Wildman–Crippen MR) is 68.8 cm³/mol. The number of nitrogens with zero attached hydrogens (tertiary/aromatic N) is 2. The van der Waals surface area contributed by atoms with Crippen LogP contribution >= 0.6 is 0 Å². The molecular formula is C13H15N3O2. The first-order chi connectivity index (χ1) is 8.68. The average molecular weight is 245 g/mol. The molecule has 0 saturated heterocycles. The average Bonchev–Trinajstić information content (AvgIpc) is 2.70. The van der Waals surface area contributed by atoms with Gasteiger partial charge < -0.3 is 15.2 Å². The number of nitrogen functional groups attached to an aromatic ring is 1. The molecule has 0 bridgehead atoms. The highest BCUT2D eigenvalue weighted by molar-refractivity contribution is 5.83. The van der Waals surface area contributed by atoms with Gasteiger partial charge >= 0.3 is 0 Å². The first-order valence-corrected chi connectivity index (χ1v) is 5.85. The maximum absolute atomic E-state index is 6.04. The van der Waals surface area contributed by atoms with Crippen molar-refractivity contribution in [3.8, 4) is 22.6 Å². The molecule has 0 spiro atoms. The van der Waals surface area contributed by atoms with Crippen LogP contribution in [0.2, 0.25) is 0 Å². The van der Waals surface area contributed by atoms with Crippen LogP contribution in [0.4, 0.5) is 5.82 Å². The molecule has 1 aliphatic rings. The third kappa shape index (κ3) is 1.51. The highest BCUT2D eigenvalue weighted by atomic mass is 16.6. The van der Waals surface area contributed by atoms with Gasteiger partial charge in [-0.15, -0.1) is 0 Å². The van der Waals surface area contributed by atoms with Gasteiger partial charge in [-0.1, -0.05) is 6.07 Å². The Labute approximate surface area is 105 Å². The summed E-state index contributed by atoms with van der Waals surface area (Å²) in [6, 6.07) is 3.94. The summed E-state index contributed by atoms with van der Waals surface area (Å²) < 4.78 is 13.0. The number of hydrogen-bond acceptors (Lipinski definition) is 4. The second kappa shape index (κ2) is 3.94. The third-order valence-corrected chi connectivity index (χ3v) is 3.17. The van der Waals surface area contributed by atoms with Gasteiger partial charge in [-0.25, -0.2) is 0 Å². The van der Waals surface area contributed by atoms with E-state index in [1.54, 1.807) is 10.9 Å². The van der Waals surface area contributed by atoms with Crippen LogP contribution in [0.25, 0.3) is 11.1 Å². The maximum atomic E-state index is 6.04. The van der Waals surface area contributed by atoms with E-state index in [1.807, 2.05) is 26.1 Å². The summed E-state index contributed by atoms with van der Waals surface area (Å²) in [6.07, 6.45) is 1.76. The minimum atomic E-state index is 0.559. The Morgan fingerprint density at radius 3 is 2.78 bits per heavy atom. The molecule has 2 aromatic rings. The summed E-state index contributed by atoms with van der Waals surface area (Å²) in [7, 11) is 1.82. The Hall–Kier alpha value is -2.17. The molecule has 5 heteroatoms. The number of ether oxygens (including phenoxy) is 2. The summed E-state index contributed by atoms with van der Waals surface area (Å²) >= 11 is 0. The fourth-order valence-electron chi connectivity index (χ4n) is 2.19. The molecule has 18 heavy (non-hydrogen) atoms. The molecule has 2 N–H and O–H groups in total. The molecule has 0 atom stereocenters. The summed E-state index contributed by atoms with van der Waals surface area (Å²) in [6.45, 7) is 3.17. The van der Waals surface area contributed by atoms with Crippen molar-refractivity contribution >= 4 is 5.82 Å². The lowest BCUT2D eigenvalue weighted by Crippen LogP contribution is -2.16. The van der Waals surface area contributed by atoms with Gasteiger partial charge in [0.25, 0.3) is 0 Å². The van der Waals surface area contributed by atoms with E-state index in [-0.39, 0.29) is 0 Å². The van der Waals surface area contributed by atoms with Crippen molar-refractivity contribution in [2.45, 2.75) is 6.92 Å². The SMILES string of the molecule is Cc1ccc2c(c1-c1cnn(C)c1N)OCCO2. The van der Waals surface area contributed by atoms with Gasteiger partial charge in [-0.2, -0.15) is 5.10 Å². The van der Waals surface area contributed by atoms with Crippen LogP contribution in [0, 0.1) is 6.92 Å². The minimum Gasteiger partial charge on any atom is -0.486 e. The molecule has 5 nitrogen and oxygen atoms in total. The van der Waals surface area contributed by atoms with Gasteiger partial charge in [0.15, 0.2) is 11.5 Å². The number of nitrogens with two attached hydrogens (primary N) is 1. The van der Waals surface area contributed by atoms with Gasteiger partial charge in [0.1, 0.15) is 19.0 Å². The molecule has 0 unspecified atom stereocenters. The second-order valence-corrected chi connectivity index (χ2v) is 4.35. The standard InChI is InChI=1S/C13H15N3O2/c1-8-3-4-10-12(18-6-5-17-10)11(8)9-7-15-16(2)13(9)14/h3-4,7H,5-6,14H2,1-2H3. The van der Waals surface area contributed by atoms with Gasteiger partial charge in [0.05, 0.1) is 6.20 Å². The summed E-state index contributed by atoms with van der Waals surface area (Å²) in [5.74, 6) is 2.16. The lowest BCUT2D eigenvalue weighted by Gasteiger charge is -2.22. The zero-order valence-corrected chi connectivity index (χ0v) is 10.4. The van der Waals surface area contributed by atoms with Gasteiger partial charge in [-0.3, -0.25) is 4.68 Å². The first-order valence-electron chi connectivity index (χ1n) is 5.85. The number of rotatable bonds is 1. The zero-order valence-electron chi connectivity index (χ0n) is 10.4. The number of hydrogen-bond donors (Lipinski definition) is 1. The zero-order chi connectivity index (χ0) is 12.7. The first kappa shape index (κ1) is 11.0. The second-order valence-electron chi connectivity index (χ2n) is 4.35. The molecule has 0 amide bonds. The normalized spacial score (nSPS) is 13.7. The van der Waals surface area contributed by atoms with Gasteiger partial charge in [-0.05, 0) is 18.6 Å². The van der Waals surface area contributed by atoms with E-state index in [0.29, 0.717) is 19.0 Å². The van der Waals surface area contributed by atoms with Crippen molar-refractivity contribution in [2.24, 2.45) is 7.05 Å². The van der Waals surface area contributed by atoms with Crippen LogP contribution in [0.15, 0.2) is 18.3 Å². The molecule has 0 fully saturated rings. The van der Waals surface area contributed by atoms with Crippen LogP contribution in [0.5, 0.6) is 11.5 Å². The molecule has 1 aromatic heterocycles. The Balaban J connectivity index is 2.25. The van der Waals surface area contributed by atoms with Crippen LogP contribution in [-0.2, 0) is 7.05 Å². The van der Waals surface area contributed by atoms with Crippen molar-refractivity contribution in [3.63, 3.8) is 0 Å². The molecule has 1 aromatic carbocycles. The Morgan fingerprint density at radius 2 is 2.06 bits per heavy atom. The molecular weight excluding hydrogens is 230 g/mol. The fraction of sp³-hybridized carbons (Fsp3) is 0.308. The van der Waals surface area contributed by atoms with E-state index in [9.17, 15) is 0 Å².